The summed E-state index contributed by atoms with van der Waals surface area (Å²) in [6.45, 7) is 1.97. The zero-order valence-electron chi connectivity index (χ0n) is 5.55. The minimum atomic E-state index is 0.704. The van der Waals surface area contributed by atoms with Crippen LogP contribution in [0.3, 0.4) is 0 Å². The number of hydrogen-bond acceptors (Lipinski definition) is 3. The van der Waals surface area contributed by atoms with Crippen molar-refractivity contribution in [3.63, 3.8) is 0 Å². The Morgan fingerprint density at radius 1 is 1.78 bits per heavy atom. The molecule has 1 rings (SSSR count). The summed E-state index contributed by atoms with van der Waals surface area (Å²) in [7, 11) is 1.87. The molecule has 0 unspecified atom stereocenters. The summed E-state index contributed by atoms with van der Waals surface area (Å²) >= 11 is 0. The van der Waals surface area contributed by atoms with Gasteiger partial charge in [-0.2, -0.15) is 5.10 Å². The second kappa shape index (κ2) is 2.06. The molecule has 4 nitrogen and oxygen atoms in total. The molecule has 0 radical (unpaired) electrons. The highest BCUT2D eigenvalue weighted by atomic mass is 15.4. The van der Waals surface area contributed by atoms with Crippen LogP contribution < -0.4 is 11.3 Å². The first kappa shape index (κ1) is 6.10. The topological polar surface area (TPSA) is 55.9 Å². The third kappa shape index (κ3) is 1.02. The molecule has 0 aliphatic carbocycles. The fraction of sp³-hybridized carbons (Fsp3) is 0.400. The molecular weight excluding hydrogens is 116 g/mol. The van der Waals surface area contributed by atoms with E-state index in [9.17, 15) is 0 Å². The minimum absolute atomic E-state index is 0.704. The number of nitrogens with zero attached hydrogens (tertiary/aromatic N) is 2. The van der Waals surface area contributed by atoms with Gasteiger partial charge in [0, 0.05) is 18.8 Å². The highest BCUT2D eigenvalue weighted by Gasteiger charge is 1.95. The molecule has 0 saturated carbocycles. The van der Waals surface area contributed by atoms with Crippen LogP contribution in [0.2, 0.25) is 0 Å². The van der Waals surface area contributed by atoms with E-state index < -0.39 is 0 Å². The Morgan fingerprint density at radius 2 is 2.44 bits per heavy atom. The van der Waals surface area contributed by atoms with Gasteiger partial charge in [-0.25, -0.2) is 5.84 Å². The summed E-state index contributed by atoms with van der Waals surface area (Å²) in [4.78, 5) is 0. The van der Waals surface area contributed by atoms with Crippen molar-refractivity contribution < 1.29 is 0 Å². The Kier molecular flexibility index (Phi) is 1.40. The number of rotatable bonds is 1. The monoisotopic (exact) mass is 126 g/mol. The van der Waals surface area contributed by atoms with Crippen LogP contribution >= 0.6 is 0 Å². The molecule has 1 heterocycles. The van der Waals surface area contributed by atoms with Gasteiger partial charge in [-0.1, -0.05) is 0 Å². The van der Waals surface area contributed by atoms with Crippen LogP contribution in [0, 0.1) is 6.92 Å². The van der Waals surface area contributed by atoms with Gasteiger partial charge >= 0.3 is 0 Å². The van der Waals surface area contributed by atoms with Crippen LogP contribution in [0.25, 0.3) is 0 Å². The van der Waals surface area contributed by atoms with Crippen LogP contribution in [0.1, 0.15) is 5.69 Å². The van der Waals surface area contributed by atoms with Crippen LogP contribution in [-0.4, -0.2) is 9.78 Å². The van der Waals surface area contributed by atoms with Gasteiger partial charge in [0.25, 0.3) is 0 Å². The van der Waals surface area contributed by atoms with E-state index in [1.54, 1.807) is 4.68 Å². The van der Waals surface area contributed by atoms with Gasteiger partial charge in [0.15, 0.2) is 5.82 Å². The van der Waals surface area contributed by atoms with E-state index in [0.717, 1.165) is 5.69 Å². The lowest BCUT2D eigenvalue weighted by molar-refractivity contribution is 0.741. The lowest BCUT2D eigenvalue weighted by atomic mass is 10.5. The quantitative estimate of drug-likeness (QED) is 0.412. The van der Waals surface area contributed by atoms with Gasteiger partial charge < -0.3 is 5.43 Å². The molecule has 0 fully saturated rings. The molecule has 0 atom stereocenters. The van der Waals surface area contributed by atoms with Crippen molar-refractivity contribution in [1.82, 2.24) is 9.78 Å². The van der Waals surface area contributed by atoms with E-state index >= 15 is 0 Å². The lowest BCUT2D eigenvalue weighted by Gasteiger charge is -1.89. The largest absolute Gasteiger partial charge is 0.307 e. The van der Waals surface area contributed by atoms with E-state index in [0.29, 0.717) is 5.82 Å². The maximum atomic E-state index is 5.11. The van der Waals surface area contributed by atoms with Gasteiger partial charge in [0.1, 0.15) is 0 Å². The SMILES string of the molecule is Cc1cc(NN)nn1C. The normalized spacial score (nSPS) is 9.67. The molecule has 1 aromatic rings. The van der Waals surface area contributed by atoms with Crippen molar-refractivity contribution in [2.24, 2.45) is 12.9 Å². The molecule has 3 N–H and O–H groups in total. The zero-order valence-corrected chi connectivity index (χ0v) is 5.55. The molecule has 0 aliphatic rings. The average Bonchev–Trinajstić information content (AvgIpc) is 2.13. The fourth-order valence-corrected chi connectivity index (χ4v) is 0.631. The summed E-state index contributed by atoms with van der Waals surface area (Å²) in [5.74, 6) is 5.81. The van der Waals surface area contributed by atoms with E-state index in [-0.39, 0.29) is 0 Å². The van der Waals surface area contributed by atoms with Crippen LogP contribution in [0.4, 0.5) is 5.82 Å². The summed E-state index contributed by atoms with van der Waals surface area (Å²) in [6, 6.07) is 1.88. The standard InChI is InChI=1S/C5H10N4/c1-4-3-5(7-6)8-9(4)2/h3H,6H2,1-2H3,(H,7,8). The number of nitrogens with one attached hydrogen (secondary N) is 1. The van der Waals surface area contributed by atoms with Gasteiger partial charge in [-0.15, -0.1) is 0 Å². The Bertz CT molecular complexity index is 183. The summed E-state index contributed by atoms with van der Waals surface area (Å²) < 4.78 is 1.76. The molecule has 9 heavy (non-hydrogen) atoms. The number of aryl methyl sites for hydroxylation is 2. The lowest BCUT2D eigenvalue weighted by Crippen LogP contribution is -2.07. The predicted octanol–water partition coefficient (Wildman–Crippen LogP) is 0.0141. The third-order valence-corrected chi connectivity index (χ3v) is 1.26. The van der Waals surface area contributed by atoms with E-state index in [2.05, 4.69) is 10.5 Å². The number of anilines is 1. The van der Waals surface area contributed by atoms with Crippen molar-refractivity contribution in [3.8, 4) is 0 Å². The van der Waals surface area contributed by atoms with E-state index in [4.69, 9.17) is 5.84 Å². The maximum absolute atomic E-state index is 5.11. The molecule has 0 amide bonds. The Labute approximate surface area is 53.6 Å². The fourth-order valence-electron chi connectivity index (χ4n) is 0.631. The average molecular weight is 126 g/mol. The van der Waals surface area contributed by atoms with Gasteiger partial charge in [0.2, 0.25) is 0 Å². The molecule has 0 aliphatic heterocycles. The summed E-state index contributed by atoms with van der Waals surface area (Å²) in [6.07, 6.45) is 0. The molecule has 0 bridgehead atoms. The smallest absolute Gasteiger partial charge is 0.162 e. The summed E-state index contributed by atoms with van der Waals surface area (Å²) in [5.41, 5.74) is 3.54. The Morgan fingerprint density at radius 3 is 2.67 bits per heavy atom. The molecule has 0 aromatic carbocycles. The van der Waals surface area contributed by atoms with Crippen molar-refractivity contribution in [1.29, 1.82) is 0 Å². The Balaban J connectivity index is 2.98. The molecule has 4 heteroatoms. The Hall–Kier alpha value is -1.03. The molecule has 1 aromatic heterocycles. The minimum Gasteiger partial charge on any atom is -0.307 e. The number of aromatic nitrogens is 2. The molecule has 0 saturated heterocycles. The highest BCUT2D eigenvalue weighted by molar-refractivity contribution is 5.33. The van der Waals surface area contributed by atoms with Gasteiger partial charge in [0.05, 0.1) is 0 Å². The van der Waals surface area contributed by atoms with Crippen molar-refractivity contribution in [2.75, 3.05) is 5.43 Å². The van der Waals surface area contributed by atoms with E-state index in [1.165, 1.54) is 0 Å². The number of hydrogen-bond donors (Lipinski definition) is 2. The first-order valence-corrected chi connectivity index (χ1v) is 2.71. The van der Waals surface area contributed by atoms with Gasteiger partial charge in [-0.3, -0.25) is 4.68 Å². The van der Waals surface area contributed by atoms with Crippen molar-refractivity contribution >= 4 is 5.82 Å². The first-order valence-electron chi connectivity index (χ1n) is 2.71. The molecule has 0 spiro atoms. The first-order chi connectivity index (χ1) is 4.24. The molecule has 50 valence electrons. The van der Waals surface area contributed by atoms with Crippen LogP contribution in [0.15, 0.2) is 6.07 Å². The third-order valence-electron chi connectivity index (χ3n) is 1.26. The van der Waals surface area contributed by atoms with Crippen molar-refractivity contribution in [3.05, 3.63) is 11.8 Å². The van der Waals surface area contributed by atoms with Crippen LogP contribution in [0.5, 0.6) is 0 Å². The summed E-state index contributed by atoms with van der Waals surface area (Å²) in [5, 5.41) is 4.01. The molecular formula is C5H10N4. The van der Waals surface area contributed by atoms with Gasteiger partial charge in [-0.05, 0) is 6.92 Å². The maximum Gasteiger partial charge on any atom is 0.162 e. The number of nitrogen functional groups attached to an aromatic ring is 1. The zero-order chi connectivity index (χ0) is 6.85. The number of hydrazine groups is 1. The number of nitrogens with two attached hydrogens (primary N) is 1. The highest BCUT2D eigenvalue weighted by Crippen LogP contribution is 2.03. The van der Waals surface area contributed by atoms with E-state index in [1.807, 2.05) is 20.0 Å². The second-order valence-electron chi connectivity index (χ2n) is 1.94. The van der Waals surface area contributed by atoms with Crippen molar-refractivity contribution in [2.45, 2.75) is 6.92 Å². The second-order valence-corrected chi connectivity index (χ2v) is 1.94. The predicted molar refractivity (Wildman–Crippen MR) is 35.8 cm³/mol. The van der Waals surface area contributed by atoms with Crippen LogP contribution in [-0.2, 0) is 7.05 Å².